The highest BCUT2D eigenvalue weighted by atomic mass is 19.1. The Balaban J connectivity index is 1.82. The van der Waals surface area contributed by atoms with Gasteiger partial charge in [0.05, 0.1) is 11.8 Å². The average molecular weight is 256 g/mol. The van der Waals surface area contributed by atoms with Gasteiger partial charge < -0.3 is 15.4 Å². The summed E-state index contributed by atoms with van der Waals surface area (Å²) in [7, 11) is 0. The van der Waals surface area contributed by atoms with E-state index >= 15 is 0 Å². The van der Waals surface area contributed by atoms with Crippen LogP contribution >= 0.6 is 0 Å². The Hall–Kier alpha value is -1.69. The molecular formula is C12H14F2N2O2. The summed E-state index contributed by atoms with van der Waals surface area (Å²) in [5.74, 6) is -1.49. The van der Waals surface area contributed by atoms with Crippen LogP contribution < -0.4 is 10.6 Å². The molecule has 18 heavy (non-hydrogen) atoms. The largest absolute Gasteiger partial charge is 0.376 e. The topological polar surface area (TPSA) is 50.4 Å². The number of hydrogen-bond acceptors (Lipinski definition) is 2. The number of halogens is 2. The van der Waals surface area contributed by atoms with Crippen molar-refractivity contribution < 1.29 is 18.3 Å². The normalized spacial score (nSPS) is 18.7. The average Bonchev–Trinajstić information content (AvgIpc) is 2.83. The van der Waals surface area contributed by atoms with Gasteiger partial charge in [0.15, 0.2) is 0 Å². The third-order valence-corrected chi connectivity index (χ3v) is 2.69. The van der Waals surface area contributed by atoms with Crippen molar-refractivity contribution in [1.82, 2.24) is 5.32 Å². The van der Waals surface area contributed by atoms with E-state index in [0.29, 0.717) is 13.2 Å². The molecule has 6 heteroatoms. The van der Waals surface area contributed by atoms with Crippen molar-refractivity contribution in [3.63, 3.8) is 0 Å². The summed E-state index contributed by atoms with van der Waals surface area (Å²) in [6.07, 6.45) is 1.92. The lowest BCUT2D eigenvalue weighted by Gasteiger charge is -2.12. The SMILES string of the molecule is O=C(NCC1CCCO1)Nc1ccc(F)cc1F. The number of anilines is 1. The minimum atomic E-state index is -0.803. The number of hydrogen-bond donors (Lipinski definition) is 2. The second-order valence-electron chi connectivity index (χ2n) is 4.09. The van der Waals surface area contributed by atoms with Crippen LogP contribution in [0.5, 0.6) is 0 Å². The number of carbonyl (C=O) groups excluding carboxylic acids is 1. The molecule has 1 atom stereocenters. The molecule has 1 fully saturated rings. The number of amides is 2. The zero-order valence-electron chi connectivity index (χ0n) is 9.71. The summed E-state index contributed by atoms with van der Waals surface area (Å²) >= 11 is 0. The van der Waals surface area contributed by atoms with E-state index in [-0.39, 0.29) is 11.8 Å². The highest BCUT2D eigenvalue weighted by Crippen LogP contribution is 2.15. The van der Waals surface area contributed by atoms with E-state index in [2.05, 4.69) is 10.6 Å². The summed E-state index contributed by atoms with van der Waals surface area (Å²) in [6, 6.07) is 2.45. The molecule has 1 aromatic carbocycles. The fourth-order valence-electron chi connectivity index (χ4n) is 1.77. The van der Waals surface area contributed by atoms with Crippen LogP contribution in [0.2, 0.25) is 0 Å². The van der Waals surface area contributed by atoms with Crippen LogP contribution in [0.3, 0.4) is 0 Å². The van der Waals surface area contributed by atoms with Crippen molar-refractivity contribution >= 4 is 11.7 Å². The molecular weight excluding hydrogens is 242 g/mol. The zero-order chi connectivity index (χ0) is 13.0. The third-order valence-electron chi connectivity index (χ3n) is 2.69. The molecule has 4 nitrogen and oxygen atoms in total. The monoisotopic (exact) mass is 256 g/mol. The maximum Gasteiger partial charge on any atom is 0.319 e. The Labute approximate surface area is 103 Å². The van der Waals surface area contributed by atoms with Crippen molar-refractivity contribution in [2.45, 2.75) is 18.9 Å². The molecule has 2 rings (SSSR count). The van der Waals surface area contributed by atoms with Crippen LogP contribution in [0.4, 0.5) is 19.3 Å². The Bertz CT molecular complexity index is 434. The molecule has 0 saturated carbocycles. The van der Waals surface area contributed by atoms with Crippen molar-refractivity contribution in [1.29, 1.82) is 0 Å². The first-order valence-corrected chi connectivity index (χ1v) is 5.76. The lowest BCUT2D eigenvalue weighted by Crippen LogP contribution is -2.35. The first-order valence-electron chi connectivity index (χ1n) is 5.76. The summed E-state index contributed by atoms with van der Waals surface area (Å²) in [4.78, 5) is 11.5. The van der Waals surface area contributed by atoms with E-state index < -0.39 is 17.7 Å². The predicted molar refractivity (Wildman–Crippen MR) is 62.4 cm³/mol. The first-order chi connectivity index (χ1) is 8.65. The number of carbonyl (C=O) groups is 1. The molecule has 1 aliphatic rings. The molecule has 0 aliphatic carbocycles. The molecule has 1 unspecified atom stereocenters. The molecule has 0 radical (unpaired) electrons. The summed E-state index contributed by atoms with van der Waals surface area (Å²) in [5.41, 5.74) is -0.0544. The fourth-order valence-corrected chi connectivity index (χ4v) is 1.77. The second-order valence-corrected chi connectivity index (χ2v) is 4.09. The van der Waals surface area contributed by atoms with E-state index in [4.69, 9.17) is 4.74 Å². The zero-order valence-corrected chi connectivity index (χ0v) is 9.71. The van der Waals surface area contributed by atoms with Crippen LogP contribution in [0.1, 0.15) is 12.8 Å². The Morgan fingerprint density at radius 3 is 2.94 bits per heavy atom. The molecule has 0 spiro atoms. The van der Waals surface area contributed by atoms with E-state index in [0.717, 1.165) is 25.0 Å². The maximum absolute atomic E-state index is 13.2. The maximum atomic E-state index is 13.2. The lowest BCUT2D eigenvalue weighted by atomic mass is 10.2. The van der Waals surface area contributed by atoms with E-state index in [9.17, 15) is 13.6 Å². The summed E-state index contributed by atoms with van der Waals surface area (Å²) in [6.45, 7) is 1.09. The Kier molecular flexibility index (Phi) is 4.09. The van der Waals surface area contributed by atoms with Crippen LogP contribution in [0, 0.1) is 11.6 Å². The van der Waals surface area contributed by atoms with Crippen molar-refractivity contribution in [2.75, 3.05) is 18.5 Å². The van der Waals surface area contributed by atoms with Gasteiger partial charge in [0, 0.05) is 19.2 Å². The first kappa shape index (κ1) is 12.8. The lowest BCUT2D eigenvalue weighted by molar-refractivity contribution is 0.112. The third kappa shape index (κ3) is 3.40. The number of rotatable bonds is 3. The molecule has 1 saturated heterocycles. The van der Waals surface area contributed by atoms with Gasteiger partial charge >= 0.3 is 6.03 Å². The minimum absolute atomic E-state index is 0.0221. The van der Waals surface area contributed by atoms with Gasteiger partial charge in [-0.25, -0.2) is 13.6 Å². The van der Waals surface area contributed by atoms with Crippen molar-refractivity contribution in [3.05, 3.63) is 29.8 Å². The van der Waals surface area contributed by atoms with Crippen LogP contribution in [0.15, 0.2) is 18.2 Å². The van der Waals surface area contributed by atoms with Crippen LogP contribution in [-0.4, -0.2) is 25.3 Å². The fraction of sp³-hybridized carbons (Fsp3) is 0.417. The number of urea groups is 1. The molecule has 98 valence electrons. The molecule has 2 amide bonds. The van der Waals surface area contributed by atoms with Crippen LogP contribution in [0.25, 0.3) is 0 Å². The molecule has 1 aromatic rings. The van der Waals surface area contributed by atoms with Gasteiger partial charge in [-0.15, -0.1) is 0 Å². The summed E-state index contributed by atoms with van der Waals surface area (Å²) in [5, 5.41) is 4.89. The molecule has 0 bridgehead atoms. The van der Waals surface area contributed by atoms with Crippen molar-refractivity contribution in [2.24, 2.45) is 0 Å². The second kappa shape index (κ2) is 5.77. The van der Waals surface area contributed by atoms with Gasteiger partial charge in [0.25, 0.3) is 0 Å². The van der Waals surface area contributed by atoms with Gasteiger partial charge in [-0.3, -0.25) is 0 Å². The molecule has 2 N–H and O–H groups in total. The predicted octanol–water partition coefficient (Wildman–Crippen LogP) is 2.27. The van der Waals surface area contributed by atoms with Gasteiger partial charge in [-0.2, -0.15) is 0 Å². The highest BCUT2D eigenvalue weighted by Gasteiger charge is 2.16. The molecule has 1 heterocycles. The smallest absolute Gasteiger partial charge is 0.319 e. The van der Waals surface area contributed by atoms with Gasteiger partial charge in [-0.1, -0.05) is 0 Å². The van der Waals surface area contributed by atoms with Gasteiger partial charge in [-0.05, 0) is 25.0 Å². The number of ether oxygens (including phenoxy) is 1. The number of benzene rings is 1. The summed E-state index contributed by atoms with van der Waals surface area (Å²) < 4.78 is 31.2. The molecule has 1 aliphatic heterocycles. The highest BCUT2D eigenvalue weighted by molar-refractivity contribution is 5.89. The molecule has 0 aromatic heterocycles. The van der Waals surface area contributed by atoms with Crippen LogP contribution in [-0.2, 0) is 4.74 Å². The Morgan fingerprint density at radius 2 is 2.28 bits per heavy atom. The number of nitrogens with one attached hydrogen (secondary N) is 2. The van der Waals surface area contributed by atoms with Crippen molar-refractivity contribution in [3.8, 4) is 0 Å². The standard InChI is InChI=1S/C12H14F2N2O2/c13-8-3-4-11(10(14)6-8)16-12(17)15-7-9-2-1-5-18-9/h3-4,6,9H,1-2,5,7H2,(H2,15,16,17). The van der Waals surface area contributed by atoms with E-state index in [1.165, 1.54) is 6.07 Å². The quantitative estimate of drug-likeness (QED) is 0.871. The minimum Gasteiger partial charge on any atom is -0.376 e. The van der Waals surface area contributed by atoms with Gasteiger partial charge in [0.2, 0.25) is 0 Å². The van der Waals surface area contributed by atoms with Gasteiger partial charge in [0.1, 0.15) is 11.6 Å². The van der Waals surface area contributed by atoms with E-state index in [1.54, 1.807) is 0 Å². The van der Waals surface area contributed by atoms with E-state index in [1.807, 2.05) is 0 Å². The Morgan fingerprint density at radius 1 is 1.44 bits per heavy atom.